The Balaban J connectivity index is 1.89. The van der Waals surface area contributed by atoms with Crippen LogP contribution in [0.2, 0.25) is 0 Å². The van der Waals surface area contributed by atoms with Gasteiger partial charge >= 0.3 is 0 Å². The maximum Gasteiger partial charge on any atom is 0.193 e. The summed E-state index contributed by atoms with van der Waals surface area (Å²) in [5.74, 6) is -0.896. The zero-order valence-electron chi connectivity index (χ0n) is 10.8. The van der Waals surface area contributed by atoms with Gasteiger partial charge in [0.25, 0.3) is 0 Å². The highest BCUT2D eigenvalue weighted by Gasteiger charge is 2.00. The van der Waals surface area contributed by atoms with Gasteiger partial charge in [0.05, 0.1) is 0 Å². The Kier molecular flexibility index (Phi) is 4.65. The Morgan fingerprint density at radius 3 is 2.35 bits per heavy atom. The number of rotatable bonds is 4. The van der Waals surface area contributed by atoms with Crippen molar-refractivity contribution in [3.05, 3.63) is 65.7 Å². The molecule has 3 nitrogen and oxygen atoms in total. The summed E-state index contributed by atoms with van der Waals surface area (Å²) in [6, 6.07) is 12.8. The molecule has 0 fully saturated rings. The number of hydrogen-bond acceptors (Lipinski definition) is 1. The average Bonchev–Trinajstić information content (AvgIpc) is 2.38. The quantitative estimate of drug-likeness (QED) is 0.666. The molecular weight excluding hydrogens is 260 g/mol. The summed E-state index contributed by atoms with van der Waals surface area (Å²) in [6.45, 7) is 0.356. The van der Waals surface area contributed by atoms with E-state index in [9.17, 15) is 8.78 Å². The average molecular weight is 275 g/mol. The molecule has 0 aliphatic heterocycles. The number of benzene rings is 2. The summed E-state index contributed by atoms with van der Waals surface area (Å²) in [4.78, 5) is 4.11. The van der Waals surface area contributed by atoms with Crippen LogP contribution in [0, 0.1) is 11.6 Å². The van der Waals surface area contributed by atoms with Crippen molar-refractivity contribution in [1.82, 2.24) is 0 Å². The van der Waals surface area contributed by atoms with Crippen molar-refractivity contribution in [1.29, 1.82) is 0 Å². The highest BCUT2D eigenvalue weighted by Crippen LogP contribution is 2.09. The minimum absolute atomic E-state index is 0.271. The first-order valence-corrected chi connectivity index (χ1v) is 6.20. The van der Waals surface area contributed by atoms with Crippen molar-refractivity contribution in [2.75, 3.05) is 11.9 Å². The van der Waals surface area contributed by atoms with Crippen LogP contribution in [-0.2, 0) is 6.42 Å². The fourth-order valence-corrected chi connectivity index (χ4v) is 1.77. The molecular formula is C15H15F2N3. The van der Waals surface area contributed by atoms with Crippen molar-refractivity contribution >= 4 is 11.6 Å². The lowest BCUT2D eigenvalue weighted by atomic mass is 10.1. The number of nitrogens with one attached hydrogen (secondary N) is 1. The summed E-state index contributed by atoms with van der Waals surface area (Å²) in [5, 5.41) is 2.93. The second-order valence-electron chi connectivity index (χ2n) is 4.29. The van der Waals surface area contributed by atoms with E-state index in [2.05, 4.69) is 10.3 Å². The van der Waals surface area contributed by atoms with Crippen molar-refractivity contribution in [3.63, 3.8) is 0 Å². The Hall–Kier alpha value is -2.43. The van der Waals surface area contributed by atoms with Crippen LogP contribution in [0.5, 0.6) is 0 Å². The number of guanidine groups is 1. The minimum atomic E-state index is -0.584. The SMILES string of the molecule is NC(=NCCc1cc(F)cc(F)c1)Nc1ccccc1. The highest BCUT2D eigenvalue weighted by molar-refractivity contribution is 5.92. The first-order valence-electron chi connectivity index (χ1n) is 6.20. The molecule has 0 aromatic heterocycles. The zero-order chi connectivity index (χ0) is 14.4. The molecule has 0 aliphatic carbocycles. The van der Waals surface area contributed by atoms with E-state index >= 15 is 0 Å². The molecule has 0 aliphatic rings. The first-order chi connectivity index (χ1) is 9.63. The molecule has 0 atom stereocenters. The number of halogens is 2. The second-order valence-corrected chi connectivity index (χ2v) is 4.29. The van der Waals surface area contributed by atoms with Crippen molar-refractivity contribution in [2.45, 2.75) is 6.42 Å². The lowest BCUT2D eigenvalue weighted by Gasteiger charge is -2.05. The third kappa shape index (κ3) is 4.35. The van der Waals surface area contributed by atoms with Crippen molar-refractivity contribution < 1.29 is 8.78 Å². The van der Waals surface area contributed by atoms with Crippen LogP contribution >= 0.6 is 0 Å². The van der Waals surface area contributed by atoms with Gasteiger partial charge in [-0.1, -0.05) is 18.2 Å². The number of aliphatic imine (C=N–C) groups is 1. The van der Waals surface area contributed by atoms with Gasteiger partial charge < -0.3 is 11.1 Å². The summed E-state index contributed by atoms with van der Waals surface area (Å²) >= 11 is 0. The zero-order valence-corrected chi connectivity index (χ0v) is 10.8. The molecule has 3 N–H and O–H groups in total. The van der Waals surface area contributed by atoms with Crippen LogP contribution in [0.4, 0.5) is 14.5 Å². The summed E-state index contributed by atoms with van der Waals surface area (Å²) < 4.78 is 26.0. The number of nitrogens with zero attached hydrogens (tertiary/aromatic N) is 1. The molecule has 104 valence electrons. The standard InChI is InChI=1S/C15H15F2N3/c16-12-8-11(9-13(17)10-12)6-7-19-15(18)20-14-4-2-1-3-5-14/h1-5,8-10H,6-7H2,(H3,18,19,20). The maximum absolute atomic E-state index is 13.0. The topological polar surface area (TPSA) is 50.4 Å². The molecule has 2 rings (SSSR count). The van der Waals surface area contributed by atoms with Crippen LogP contribution in [0.15, 0.2) is 53.5 Å². The Morgan fingerprint density at radius 1 is 1.05 bits per heavy atom. The predicted molar refractivity (Wildman–Crippen MR) is 76.6 cm³/mol. The molecule has 2 aromatic carbocycles. The molecule has 0 saturated carbocycles. The van der Waals surface area contributed by atoms with E-state index in [0.29, 0.717) is 18.5 Å². The third-order valence-electron chi connectivity index (χ3n) is 2.65. The van der Waals surface area contributed by atoms with Gasteiger partial charge in [-0.15, -0.1) is 0 Å². The number of anilines is 1. The van der Waals surface area contributed by atoms with Gasteiger partial charge in [-0.3, -0.25) is 4.99 Å². The number of nitrogens with two attached hydrogens (primary N) is 1. The van der Waals surface area contributed by atoms with Crippen LogP contribution in [-0.4, -0.2) is 12.5 Å². The van der Waals surface area contributed by atoms with E-state index in [1.807, 2.05) is 30.3 Å². The largest absolute Gasteiger partial charge is 0.370 e. The van der Waals surface area contributed by atoms with E-state index < -0.39 is 11.6 Å². The van der Waals surface area contributed by atoms with E-state index in [4.69, 9.17) is 5.73 Å². The second kappa shape index (κ2) is 6.65. The van der Waals surface area contributed by atoms with Gasteiger partial charge in [-0.25, -0.2) is 8.78 Å². The Labute approximate surface area is 116 Å². The van der Waals surface area contributed by atoms with Gasteiger partial charge in [0.2, 0.25) is 0 Å². The Morgan fingerprint density at radius 2 is 1.70 bits per heavy atom. The van der Waals surface area contributed by atoms with E-state index in [1.54, 1.807) is 0 Å². The molecule has 0 spiro atoms. The molecule has 0 heterocycles. The van der Waals surface area contributed by atoms with E-state index in [1.165, 1.54) is 12.1 Å². The molecule has 0 saturated heterocycles. The van der Waals surface area contributed by atoms with Crippen molar-refractivity contribution in [3.8, 4) is 0 Å². The van der Waals surface area contributed by atoms with Gasteiger partial charge in [0.1, 0.15) is 11.6 Å². The molecule has 5 heteroatoms. The fourth-order valence-electron chi connectivity index (χ4n) is 1.77. The van der Waals surface area contributed by atoms with Crippen molar-refractivity contribution in [2.24, 2.45) is 10.7 Å². The number of hydrogen-bond donors (Lipinski definition) is 2. The van der Waals surface area contributed by atoms with Crippen LogP contribution in [0.1, 0.15) is 5.56 Å². The molecule has 0 radical (unpaired) electrons. The first kappa shape index (κ1) is 14.0. The molecule has 20 heavy (non-hydrogen) atoms. The Bertz CT molecular complexity index is 577. The molecule has 0 unspecified atom stereocenters. The monoisotopic (exact) mass is 275 g/mol. The molecule has 2 aromatic rings. The van der Waals surface area contributed by atoms with Gasteiger partial charge in [0.15, 0.2) is 5.96 Å². The van der Waals surface area contributed by atoms with Gasteiger partial charge in [-0.05, 0) is 36.2 Å². The van der Waals surface area contributed by atoms with Gasteiger partial charge in [-0.2, -0.15) is 0 Å². The third-order valence-corrected chi connectivity index (χ3v) is 2.65. The highest BCUT2D eigenvalue weighted by atomic mass is 19.1. The normalized spacial score (nSPS) is 11.4. The minimum Gasteiger partial charge on any atom is -0.370 e. The summed E-state index contributed by atoms with van der Waals surface area (Å²) in [5.41, 5.74) is 7.11. The van der Waals surface area contributed by atoms with Crippen LogP contribution in [0.3, 0.4) is 0 Å². The lowest BCUT2D eigenvalue weighted by Crippen LogP contribution is -2.23. The smallest absolute Gasteiger partial charge is 0.193 e. The van der Waals surface area contributed by atoms with E-state index in [0.717, 1.165) is 11.8 Å². The summed E-state index contributed by atoms with van der Waals surface area (Å²) in [6.07, 6.45) is 0.422. The fraction of sp³-hybridized carbons (Fsp3) is 0.133. The molecule has 0 amide bonds. The maximum atomic E-state index is 13.0. The lowest BCUT2D eigenvalue weighted by molar-refractivity contribution is 0.579. The molecule has 0 bridgehead atoms. The van der Waals surface area contributed by atoms with Crippen LogP contribution in [0.25, 0.3) is 0 Å². The number of para-hydroxylation sites is 1. The van der Waals surface area contributed by atoms with Crippen LogP contribution < -0.4 is 11.1 Å². The van der Waals surface area contributed by atoms with Gasteiger partial charge in [0, 0.05) is 18.3 Å². The summed E-state index contributed by atoms with van der Waals surface area (Å²) in [7, 11) is 0. The predicted octanol–water partition coefficient (Wildman–Crippen LogP) is 2.93. The van der Waals surface area contributed by atoms with E-state index in [-0.39, 0.29) is 5.96 Å².